The Labute approximate surface area is 184 Å². The average molecular weight is 447 g/mol. The Morgan fingerprint density at radius 3 is 1.76 bits per heavy atom. The van der Waals surface area contributed by atoms with Crippen LogP contribution >= 0.6 is 15.9 Å². The Morgan fingerprint density at radius 2 is 1.24 bits per heavy atom. The number of alkyl halides is 1. The van der Waals surface area contributed by atoms with Crippen molar-refractivity contribution in [2.45, 2.75) is 49.3 Å². The predicted octanol–water partition coefficient (Wildman–Crippen LogP) is 8.08. The molecular formula is C28H31Br. The quantitative estimate of drug-likeness (QED) is 0.355. The van der Waals surface area contributed by atoms with E-state index in [2.05, 4.69) is 128 Å². The lowest BCUT2D eigenvalue weighted by Gasteiger charge is -2.60. The van der Waals surface area contributed by atoms with Gasteiger partial charge in [-0.3, -0.25) is 0 Å². The Balaban J connectivity index is 2.06. The van der Waals surface area contributed by atoms with Gasteiger partial charge in [0.25, 0.3) is 0 Å². The minimum atomic E-state index is -0.130. The summed E-state index contributed by atoms with van der Waals surface area (Å²) >= 11 is 4.44. The molecule has 4 unspecified atom stereocenters. The lowest BCUT2D eigenvalue weighted by atomic mass is 9.48. The normalized spacial score (nSPS) is 29.7. The summed E-state index contributed by atoms with van der Waals surface area (Å²) in [5.41, 5.74) is 4.24. The molecule has 0 amide bonds. The second-order valence-electron chi connectivity index (χ2n) is 9.07. The van der Waals surface area contributed by atoms with Gasteiger partial charge in [-0.05, 0) is 47.3 Å². The molecule has 1 fully saturated rings. The molecule has 0 heterocycles. The van der Waals surface area contributed by atoms with Crippen molar-refractivity contribution in [3.8, 4) is 0 Å². The van der Waals surface area contributed by atoms with Crippen molar-refractivity contribution in [1.29, 1.82) is 0 Å². The summed E-state index contributed by atoms with van der Waals surface area (Å²) in [4.78, 5) is 0. The highest BCUT2D eigenvalue weighted by Gasteiger charge is 2.61. The smallest absolute Gasteiger partial charge is 0.0613 e. The van der Waals surface area contributed by atoms with Crippen LogP contribution in [0.3, 0.4) is 0 Å². The zero-order valence-electron chi connectivity index (χ0n) is 17.7. The lowest BCUT2D eigenvalue weighted by molar-refractivity contribution is 0.0986. The van der Waals surface area contributed by atoms with E-state index in [-0.39, 0.29) is 9.74 Å². The number of rotatable bonds is 4. The average Bonchev–Trinajstić information content (AvgIpc) is 2.75. The van der Waals surface area contributed by atoms with Crippen LogP contribution in [-0.2, 0) is 9.74 Å². The highest BCUT2D eigenvalue weighted by atomic mass is 79.9. The van der Waals surface area contributed by atoms with Crippen molar-refractivity contribution in [2.75, 3.05) is 0 Å². The third-order valence-corrected chi connectivity index (χ3v) is 8.51. The fourth-order valence-electron chi connectivity index (χ4n) is 6.08. The van der Waals surface area contributed by atoms with E-state index in [9.17, 15) is 0 Å². The molecular weight excluding hydrogens is 416 g/mol. The van der Waals surface area contributed by atoms with Gasteiger partial charge >= 0.3 is 0 Å². The highest BCUT2D eigenvalue weighted by Crippen LogP contribution is 2.66. The van der Waals surface area contributed by atoms with E-state index in [4.69, 9.17) is 0 Å². The maximum absolute atomic E-state index is 4.44. The third-order valence-electron chi connectivity index (χ3n) is 7.07. The molecule has 0 spiro atoms. The molecule has 29 heavy (non-hydrogen) atoms. The van der Waals surface area contributed by atoms with Gasteiger partial charge in [0.15, 0.2) is 0 Å². The minimum absolute atomic E-state index is 0.0521. The van der Waals surface area contributed by atoms with E-state index in [1.54, 1.807) is 0 Å². The van der Waals surface area contributed by atoms with Crippen LogP contribution in [-0.4, -0.2) is 0 Å². The van der Waals surface area contributed by atoms with E-state index >= 15 is 0 Å². The standard InChI is InChI=1S/C28H31Br/c1-21(2)28(25-17-11-6-12-18-25)26(23-13-7-4-8-14-23)19-22(3)20-27(28,29)24-15-9-5-10-16-24/h4-18,21-22,26H,19-20H2,1-3H3. The van der Waals surface area contributed by atoms with Gasteiger partial charge in [-0.25, -0.2) is 0 Å². The summed E-state index contributed by atoms with van der Waals surface area (Å²) in [7, 11) is 0. The SMILES string of the molecule is CC1CC(c2ccccc2)C(c2ccccc2)(C(C)C)C(Br)(c2ccccc2)C1. The Morgan fingerprint density at radius 1 is 0.759 bits per heavy atom. The fourth-order valence-corrected chi connectivity index (χ4v) is 7.86. The largest absolute Gasteiger partial charge is 0.0791 e. The molecule has 150 valence electrons. The molecule has 0 radical (unpaired) electrons. The van der Waals surface area contributed by atoms with Crippen LogP contribution in [0.15, 0.2) is 91.0 Å². The van der Waals surface area contributed by atoms with Crippen molar-refractivity contribution in [3.05, 3.63) is 108 Å². The van der Waals surface area contributed by atoms with Gasteiger partial charge in [0.05, 0.1) is 4.32 Å². The van der Waals surface area contributed by atoms with Crippen molar-refractivity contribution in [1.82, 2.24) is 0 Å². The first-order chi connectivity index (χ1) is 14.0. The van der Waals surface area contributed by atoms with Gasteiger partial charge < -0.3 is 0 Å². The van der Waals surface area contributed by atoms with E-state index in [0.717, 1.165) is 6.42 Å². The molecule has 0 aliphatic heterocycles. The molecule has 3 aromatic carbocycles. The van der Waals surface area contributed by atoms with Crippen LogP contribution in [0.2, 0.25) is 0 Å². The van der Waals surface area contributed by atoms with Crippen LogP contribution in [0.5, 0.6) is 0 Å². The first-order valence-electron chi connectivity index (χ1n) is 10.8. The molecule has 1 heteroatoms. The van der Waals surface area contributed by atoms with Gasteiger partial charge in [-0.15, -0.1) is 0 Å². The van der Waals surface area contributed by atoms with Crippen molar-refractivity contribution in [3.63, 3.8) is 0 Å². The van der Waals surface area contributed by atoms with Crippen molar-refractivity contribution in [2.24, 2.45) is 11.8 Å². The summed E-state index contributed by atoms with van der Waals surface area (Å²) in [5.74, 6) is 1.53. The van der Waals surface area contributed by atoms with E-state index in [1.807, 2.05) is 0 Å². The zero-order valence-corrected chi connectivity index (χ0v) is 19.3. The summed E-state index contributed by atoms with van der Waals surface area (Å²) < 4.78 is -0.130. The topological polar surface area (TPSA) is 0 Å². The Bertz CT molecular complexity index is 918. The summed E-state index contributed by atoms with van der Waals surface area (Å²) in [5, 5.41) is 0. The number of halogens is 1. The molecule has 1 aliphatic carbocycles. The van der Waals surface area contributed by atoms with Crippen molar-refractivity contribution >= 4 is 15.9 Å². The maximum atomic E-state index is 4.44. The Hall–Kier alpha value is -1.86. The van der Waals surface area contributed by atoms with Crippen LogP contribution in [0.1, 0.15) is 56.2 Å². The molecule has 0 aromatic heterocycles. The summed E-state index contributed by atoms with van der Waals surface area (Å²) in [6, 6.07) is 33.6. The number of hydrogen-bond acceptors (Lipinski definition) is 0. The van der Waals surface area contributed by atoms with Crippen LogP contribution in [0.25, 0.3) is 0 Å². The Kier molecular flexibility index (Phi) is 5.71. The van der Waals surface area contributed by atoms with Gasteiger partial charge in [-0.1, -0.05) is 128 Å². The predicted molar refractivity (Wildman–Crippen MR) is 128 cm³/mol. The molecule has 1 aliphatic rings. The second kappa shape index (κ2) is 8.11. The van der Waals surface area contributed by atoms with Gasteiger partial charge in [-0.2, -0.15) is 0 Å². The zero-order chi connectivity index (χ0) is 20.5. The van der Waals surface area contributed by atoms with Gasteiger partial charge in [0.2, 0.25) is 0 Å². The van der Waals surface area contributed by atoms with E-state index in [0.29, 0.717) is 17.8 Å². The van der Waals surface area contributed by atoms with Crippen LogP contribution in [0.4, 0.5) is 0 Å². The summed E-state index contributed by atoms with van der Waals surface area (Å²) in [6.07, 6.45) is 2.34. The molecule has 4 atom stereocenters. The third kappa shape index (κ3) is 3.28. The number of benzene rings is 3. The van der Waals surface area contributed by atoms with Crippen LogP contribution < -0.4 is 0 Å². The molecule has 0 N–H and O–H groups in total. The summed E-state index contributed by atoms with van der Waals surface area (Å²) in [6.45, 7) is 7.25. The fraction of sp³-hybridized carbons (Fsp3) is 0.357. The second-order valence-corrected chi connectivity index (χ2v) is 10.4. The number of hydrogen-bond donors (Lipinski definition) is 0. The molecule has 0 bridgehead atoms. The molecule has 4 rings (SSSR count). The molecule has 3 aromatic rings. The van der Waals surface area contributed by atoms with E-state index in [1.165, 1.54) is 23.1 Å². The molecule has 0 nitrogen and oxygen atoms in total. The van der Waals surface area contributed by atoms with Crippen LogP contribution in [0, 0.1) is 11.8 Å². The van der Waals surface area contributed by atoms with Gasteiger partial charge in [0, 0.05) is 5.41 Å². The maximum Gasteiger partial charge on any atom is 0.0613 e. The van der Waals surface area contributed by atoms with Crippen molar-refractivity contribution < 1.29 is 0 Å². The van der Waals surface area contributed by atoms with Gasteiger partial charge in [0.1, 0.15) is 0 Å². The first kappa shape index (κ1) is 20.4. The first-order valence-corrected chi connectivity index (χ1v) is 11.6. The highest BCUT2D eigenvalue weighted by molar-refractivity contribution is 9.09. The minimum Gasteiger partial charge on any atom is -0.0791 e. The monoisotopic (exact) mass is 446 g/mol. The molecule has 0 saturated heterocycles. The molecule has 1 saturated carbocycles. The lowest BCUT2D eigenvalue weighted by Crippen LogP contribution is -2.56. The van der Waals surface area contributed by atoms with E-state index < -0.39 is 0 Å².